The molecular formula is C22H28O5. The van der Waals surface area contributed by atoms with Gasteiger partial charge in [0.1, 0.15) is 6.10 Å². The quantitative estimate of drug-likeness (QED) is 0.268. The maximum atomic E-state index is 10.3. The molecule has 0 radical (unpaired) electrons. The summed E-state index contributed by atoms with van der Waals surface area (Å²) in [7, 11) is 0. The van der Waals surface area contributed by atoms with Crippen molar-refractivity contribution >= 4 is 5.97 Å². The number of allylic oxidation sites excluding steroid dienone is 5. The number of carboxylic acids is 1. The Labute approximate surface area is 161 Å². The first-order chi connectivity index (χ1) is 13.0. The molecular weight excluding hydrogens is 344 g/mol. The van der Waals surface area contributed by atoms with Crippen molar-refractivity contribution in [2.45, 2.75) is 57.3 Å². The summed E-state index contributed by atoms with van der Waals surface area (Å²) < 4.78 is 0. The molecule has 146 valence electrons. The Morgan fingerprint density at radius 2 is 1.78 bits per heavy atom. The van der Waals surface area contributed by atoms with Crippen LogP contribution in [0.2, 0.25) is 0 Å². The van der Waals surface area contributed by atoms with Crippen molar-refractivity contribution in [3.63, 3.8) is 0 Å². The number of aliphatic hydroxyl groups is 3. The smallest absolute Gasteiger partial charge is 0.303 e. The Hall–Kier alpha value is -2.57. The summed E-state index contributed by atoms with van der Waals surface area (Å²) in [6, 6.07) is 0. The number of aliphatic carboxylic acids is 1. The highest BCUT2D eigenvalue weighted by Crippen LogP contribution is 1.97. The van der Waals surface area contributed by atoms with Gasteiger partial charge in [-0.1, -0.05) is 61.0 Å². The van der Waals surface area contributed by atoms with E-state index in [0.717, 1.165) is 6.42 Å². The maximum absolute atomic E-state index is 10.3. The van der Waals surface area contributed by atoms with Crippen molar-refractivity contribution in [3.8, 4) is 23.7 Å². The van der Waals surface area contributed by atoms with Gasteiger partial charge in [0.15, 0.2) is 0 Å². The summed E-state index contributed by atoms with van der Waals surface area (Å²) in [5.41, 5.74) is 0. The van der Waals surface area contributed by atoms with Gasteiger partial charge in [0.25, 0.3) is 0 Å². The molecule has 27 heavy (non-hydrogen) atoms. The van der Waals surface area contributed by atoms with Gasteiger partial charge in [-0.25, -0.2) is 0 Å². The number of carboxylic acid groups (broad SMARTS) is 1. The van der Waals surface area contributed by atoms with E-state index in [0.29, 0.717) is 6.42 Å². The van der Waals surface area contributed by atoms with Crippen molar-refractivity contribution in [2.24, 2.45) is 0 Å². The summed E-state index contributed by atoms with van der Waals surface area (Å²) in [5, 5.41) is 37.2. The average molecular weight is 372 g/mol. The molecule has 0 aliphatic heterocycles. The van der Waals surface area contributed by atoms with Crippen LogP contribution in [0.5, 0.6) is 0 Å². The average Bonchev–Trinajstić information content (AvgIpc) is 2.62. The molecule has 0 rings (SSSR count). The van der Waals surface area contributed by atoms with E-state index in [-0.39, 0.29) is 19.3 Å². The molecule has 0 heterocycles. The summed E-state index contributed by atoms with van der Waals surface area (Å²) in [6.45, 7) is 2.03. The lowest BCUT2D eigenvalue weighted by Crippen LogP contribution is -2.06. The molecule has 0 saturated carbocycles. The molecule has 0 bridgehead atoms. The fraction of sp³-hybridized carbons (Fsp3) is 0.409. The molecule has 0 spiro atoms. The van der Waals surface area contributed by atoms with Gasteiger partial charge in [-0.05, 0) is 37.5 Å². The van der Waals surface area contributed by atoms with Crippen LogP contribution in [-0.2, 0) is 4.79 Å². The minimum atomic E-state index is -0.970. The van der Waals surface area contributed by atoms with Gasteiger partial charge in [0.2, 0.25) is 0 Å². The van der Waals surface area contributed by atoms with Gasteiger partial charge in [0.05, 0.1) is 12.2 Å². The Morgan fingerprint density at radius 1 is 1.00 bits per heavy atom. The second-order valence-electron chi connectivity index (χ2n) is 5.62. The number of hydrogen-bond donors (Lipinski definition) is 4. The second kappa shape index (κ2) is 16.9. The van der Waals surface area contributed by atoms with Gasteiger partial charge in [0, 0.05) is 12.8 Å². The maximum Gasteiger partial charge on any atom is 0.303 e. The third-order valence-corrected chi connectivity index (χ3v) is 3.10. The second-order valence-corrected chi connectivity index (χ2v) is 5.62. The van der Waals surface area contributed by atoms with Crippen molar-refractivity contribution < 1.29 is 25.2 Å². The number of rotatable bonds is 10. The highest BCUT2D eigenvalue weighted by Gasteiger charge is 2.02. The first kappa shape index (κ1) is 24.4. The van der Waals surface area contributed by atoms with E-state index in [1.54, 1.807) is 30.4 Å². The first-order valence-corrected chi connectivity index (χ1v) is 8.86. The minimum Gasteiger partial charge on any atom is -0.481 e. The lowest BCUT2D eigenvalue weighted by molar-refractivity contribution is -0.137. The van der Waals surface area contributed by atoms with E-state index in [4.69, 9.17) is 5.11 Å². The molecule has 5 heteroatoms. The summed E-state index contributed by atoms with van der Waals surface area (Å²) >= 11 is 0. The molecule has 0 aromatic heterocycles. The van der Waals surface area contributed by atoms with Crippen LogP contribution in [0, 0.1) is 23.7 Å². The van der Waals surface area contributed by atoms with Crippen LogP contribution in [0.25, 0.3) is 0 Å². The van der Waals surface area contributed by atoms with E-state index in [1.807, 2.05) is 19.1 Å². The van der Waals surface area contributed by atoms with Crippen LogP contribution in [0.1, 0.15) is 39.0 Å². The zero-order valence-corrected chi connectivity index (χ0v) is 15.6. The van der Waals surface area contributed by atoms with Crippen molar-refractivity contribution in [2.75, 3.05) is 0 Å². The minimum absolute atomic E-state index is 0.0876. The third kappa shape index (κ3) is 18.0. The normalized spacial score (nSPS) is 14.8. The van der Waals surface area contributed by atoms with Crippen molar-refractivity contribution in [3.05, 3.63) is 48.6 Å². The van der Waals surface area contributed by atoms with Gasteiger partial charge in [-0.15, -0.1) is 0 Å². The predicted octanol–water partition coefficient (Wildman–Crippen LogP) is 2.36. The van der Waals surface area contributed by atoms with Crippen LogP contribution < -0.4 is 0 Å². The third-order valence-electron chi connectivity index (χ3n) is 3.10. The molecule has 0 amide bonds. The highest BCUT2D eigenvalue weighted by atomic mass is 16.4. The van der Waals surface area contributed by atoms with Gasteiger partial charge in [-0.3, -0.25) is 4.79 Å². The molecule has 0 unspecified atom stereocenters. The van der Waals surface area contributed by atoms with Crippen LogP contribution in [0.15, 0.2) is 48.6 Å². The highest BCUT2D eigenvalue weighted by molar-refractivity contribution is 5.66. The Morgan fingerprint density at radius 3 is 2.48 bits per heavy atom. The van der Waals surface area contributed by atoms with Gasteiger partial charge in [-0.2, -0.15) is 0 Å². The van der Waals surface area contributed by atoms with E-state index in [9.17, 15) is 20.1 Å². The summed E-state index contributed by atoms with van der Waals surface area (Å²) in [4.78, 5) is 10.3. The fourth-order valence-corrected chi connectivity index (χ4v) is 1.70. The van der Waals surface area contributed by atoms with Crippen LogP contribution in [0.4, 0.5) is 0 Å². The Bertz CT molecular complexity index is 650. The molecule has 0 aliphatic rings. The zero-order chi connectivity index (χ0) is 20.3. The van der Waals surface area contributed by atoms with E-state index in [2.05, 4.69) is 23.7 Å². The summed E-state index contributed by atoms with van der Waals surface area (Å²) in [5.74, 6) is 9.69. The molecule has 0 aliphatic carbocycles. The predicted molar refractivity (Wildman–Crippen MR) is 107 cm³/mol. The largest absolute Gasteiger partial charge is 0.481 e. The standard InChI is InChI=1S/C22H28O5/c1-2-3-7-12-19(23)14-10-6-11-15-20(24)13-8-4-5-9-16-21(25)17-18-22(26)27/h3-5,7-8,10,13-14,19-21,23-25H,2,12,15,17-18H2,1H3,(H,26,27)/b5-4+,7-3+,13-8+,14-10+/t19-,20-,21+/m0/s1. The zero-order valence-electron chi connectivity index (χ0n) is 15.6. The Kier molecular flexibility index (Phi) is 15.3. The molecule has 3 atom stereocenters. The number of aliphatic hydroxyl groups excluding tert-OH is 3. The summed E-state index contributed by atoms with van der Waals surface area (Å²) in [6.07, 6.45) is 12.9. The van der Waals surface area contributed by atoms with Crippen LogP contribution in [0.3, 0.4) is 0 Å². The number of hydrogen-bond acceptors (Lipinski definition) is 4. The molecule has 0 aromatic carbocycles. The van der Waals surface area contributed by atoms with E-state index >= 15 is 0 Å². The number of carbonyl (C=O) groups is 1. The molecule has 0 aromatic rings. The van der Waals surface area contributed by atoms with Crippen molar-refractivity contribution in [1.29, 1.82) is 0 Å². The SMILES string of the molecule is CC/C=C/C[C@H](O)/C=C/C#CC[C@@H](O)/C=C/C=C/C#C[C@@H](O)CCC(=O)O. The first-order valence-electron chi connectivity index (χ1n) is 8.86. The van der Waals surface area contributed by atoms with Gasteiger partial charge < -0.3 is 20.4 Å². The lowest BCUT2D eigenvalue weighted by atomic mass is 10.2. The van der Waals surface area contributed by atoms with E-state index in [1.165, 1.54) is 6.08 Å². The lowest BCUT2D eigenvalue weighted by Gasteiger charge is -1.98. The fourth-order valence-electron chi connectivity index (χ4n) is 1.70. The van der Waals surface area contributed by atoms with Crippen LogP contribution >= 0.6 is 0 Å². The van der Waals surface area contributed by atoms with E-state index < -0.39 is 24.3 Å². The molecule has 0 saturated heterocycles. The molecule has 0 fully saturated rings. The Balaban J connectivity index is 4.10. The molecule has 4 N–H and O–H groups in total. The molecule has 5 nitrogen and oxygen atoms in total. The topological polar surface area (TPSA) is 98.0 Å². The van der Waals surface area contributed by atoms with Crippen LogP contribution in [-0.4, -0.2) is 44.7 Å². The van der Waals surface area contributed by atoms with Gasteiger partial charge >= 0.3 is 5.97 Å². The monoisotopic (exact) mass is 372 g/mol. The van der Waals surface area contributed by atoms with Crippen molar-refractivity contribution in [1.82, 2.24) is 0 Å².